The van der Waals surface area contributed by atoms with Gasteiger partial charge in [0.25, 0.3) is 0 Å². The molecule has 4 heterocycles. The van der Waals surface area contributed by atoms with Crippen LogP contribution in [0.25, 0.3) is 0 Å². The molecule has 0 spiro atoms. The van der Waals surface area contributed by atoms with Gasteiger partial charge in [0, 0.05) is 50.2 Å². The maximum atomic E-state index is 6.25. The van der Waals surface area contributed by atoms with E-state index in [-0.39, 0.29) is 0 Å². The van der Waals surface area contributed by atoms with Crippen molar-refractivity contribution in [3.63, 3.8) is 0 Å². The number of piperazine rings is 1. The molecule has 5 heteroatoms. The molecule has 4 aliphatic rings. The Balaban J connectivity index is 1.33. The Morgan fingerprint density at radius 1 is 1.11 bits per heavy atom. The largest absolute Gasteiger partial charge is 0.492 e. The number of fused-ring (bicyclic) bond motifs is 2. The molecule has 4 aliphatic heterocycles. The first-order valence-corrected chi connectivity index (χ1v) is 10.0. The molecule has 0 aromatic heterocycles. The van der Waals surface area contributed by atoms with Crippen molar-refractivity contribution >= 4 is 5.69 Å². The zero-order valence-electron chi connectivity index (χ0n) is 16.2. The molecule has 0 radical (unpaired) electrons. The van der Waals surface area contributed by atoms with Gasteiger partial charge >= 0.3 is 0 Å². The molecule has 27 heavy (non-hydrogen) atoms. The molecule has 1 aromatic carbocycles. The highest BCUT2D eigenvalue weighted by atomic mass is 16.5. The van der Waals surface area contributed by atoms with E-state index in [1.165, 1.54) is 28.2 Å². The third-order valence-corrected chi connectivity index (χ3v) is 5.98. The summed E-state index contributed by atoms with van der Waals surface area (Å²) in [5.41, 5.74) is 6.52. The molecule has 1 N–H and O–H groups in total. The number of hydrogen-bond donors (Lipinski definition) is 1. The molecular weight excluding hydrogens is 336 g/mol. The lowest BCUT2D eigenvalue weighted by Crippen LogP contribution is -2.49. The molecule has 5 rings (SSSR count). The van der Waals surface area contributed by atoms with Crippen LogP contribution in [0, 0.1) is 0 Å². The van der Waals surface area contributed by atoms with Crippen LogP contribution in [0.4, 0.5) is 5.69 Å². The highest BCUT2D eigenvalue weighted by Crippen LogP contribution is 2.35. The Labute approximate surface area is 161 Å². The van der Waals surface area contributed by atoms with Crippen molar-refractivity contribution in [1.82, 2.24) is 15.3 Å². The van der Waals surface area contributed by atoms with Crippen molar-refractivity contribution in [1.29, 1.82) is 0 Å². The van der Waals surface area contributed by atoms with Crippen molar-refractivity contribution in [2.24, 2.45) is 0 Å². The minimum Gasteiger partial charge on any atom is -0.492 e. The predicted molar refractivity (Wildman–Crippen MR) is 109 cm³/mol. The maximum absolute atomic E-state index is 6.25. The number of ether oxygens (including phenoxy) is 1. The fraction of sp³-hybridized carbons (Fsp3) is 0.455. The highest BCUT2D eigenvalue weighted by molar-refractivity contribution is 5.55. The summed E-state index contributed by atoms with van der Waals surface area (Å²) in [6, 6.07) is 7.14. The highest BCUT2D eigenvalue weighted by Gasteiger charge is 2.34. The van der Waals surface area contributed by atoms with Gasteiger partial charge < -0.3 is 15.0 Å². The Morgan fingerprint density at radius 3 is 2.81 bits per heavy atom. The fourth-order valence-electron chi connectivity index (χ4n) is 4.66. The lowest BCUT2D eigenvalue weighted by molar-refractivity contribution is 0.00113. The van der Waals surface area contributed by atoms with E-state index in [9.17, 15) is 0 Å². The van der Waals surface area contributed by atoms with Gasteiger partial charge in [0.05, 0.1) is 11.7 Å². The normalized spacial score (nSPS) is 25.3. The van der Waals surface area contributed by atoms with Crippen LogP contribution in [0.2, 0.25) is 0 Å². The second-order valence-corrected chi connectivity index (χ2v) is 7.93. The van der Waals surface area contributed by atoms with Crippen LogP contribution in [0.5, 0.6) is 5.75 Å². The van der Waals surface area contributed by atoms with Crippen molar-refractivity contribution in [2.75, 3.05) is 44.2 Å². The smallest absolute Gasteiger partial charge is 0.124 e. The van der Waals surface area contributed by atoms with Gasteiger partial charge in [-0.15, -0.1) is 0 Å². The van der Waals surface area contributed by atoms with Gasteiger partial charge in [0.2, 0.25) is 0 Å². The number of anilines is 1. The SMILES string of the molecule is CC1=CC2=CCN([C@H]3COc4cc(N5CCNCC5)ccc4C3)N2C(C)=C1. The van der Waals surface area contributed by atoms with E-state index in [0.717, 1.165) is 51.5 Å². The van der Waals surface area contributed by atoms with E-state index < -0.39 is 0 Å². The minimum atomic E-state index is 0.367. The summed E-state index contributed by atoms with van der Waals surface area (Å²) in [6.07, 6.45) is 7.88. The summed E-state index contributed by atoms with van der Waals surface area (Å²) in [5.74, 6) is 1.07. The van der Waals surface area contributed by atoms with E-state index in [0.29, 0.717) is 6.04 Å². The van der Waals surface area contributed by atoms with Gasteiger partial charge in [0.15, 0.2) is 0 Å². The number of benzene rings is 1. The molecule has 0 saturated carbocycles. The summed E-state index contributed by atoms with van der Waals surface area (Å²) in [5, 5.41) is 8.23. The molecular formula is C22H28N4O. The topological polar surface area (TPSA) is 31.0 Å². The van der Waals surface area contributed by atoms with Crippen LogP contribution in [0.15, 0.2) is 53.4 Å². The second kappa shape index (κ2) is 6.73. The van der Waals surface area contributed by atoms with Crippen LogP contribution >= 0.6 is 0 Å². The van der Waals surface area contributed by atoms with Crippen LogP contribution < -0.4 is 15.0 Å². The molecule has 142 valence electrons. The molecule has 5 nitrogen and oxygen atoms in total. The van der Waals surface area contributed by atoms with Crippen LogP contribution in [-0.4, -0.2) is 55.4 Å². The summed E-state index contributed by atoms with van der Waals surface area (Å²) in [7, 11) is 0. The Hall–Kier alpha value is -2.24. The molecule has 0 aliphatic carbocycles. The number of nitrogens with zero attached hydrogens (tertiary/aromatic N) is 3. The van der Waals surface area contributed by atoms with Crippen molar-refractivity contribution in [2.45, 2.75) is 26.3 Å². The number of hydrazine groups is 1. The number of allylic oxidation sites excluding steroid dienone is 4. The Kier molecular flexibility index (Phi) is 4.21. The van der Waals surface area contributed by atoms with E-state index in [4.69, 9.17) is 4.74 Å². The van der Waals surface area contributed by atoms with E-state index in [1.807, 2.05) is 0 Å². The average Bonchev–Trinajstić information content (AvgIpc) is 3.12. The standard InChI is InChI=1S/C22H28N4O/c1-16-11-17(2)26-20(12-16)5-8-25(26)21-13-18-3-4-19(14-22(18)27-15-21)24-9-6-23-7-10-24/h3-5,11-12,14,21,23H,6-10,13,15H2,1-2H3/t21-/m1/s1. The minimum absolute atomic E-state index is 0.367. The average molecular weight is 364 g/mol. The number of rotatable bonds is 2. The molecule has 1 aromatic rings. The maximum Gasteiger partial charge on any atom is 0.124 e. The molecule has 1 fully saturated rings. The monoisotopic (exact) mass is 364 g/mol. The molecule has 0 amide bonds. The Morgan fingerprint density at radius 2 is 1.96 bits per heavy atom. The van der Waals surface area contributed by atoms with E-state index >= 15 is 0 Å². The fourth-order valence-corrected chi connectivity index (χ4v) is 4.66. The van der Waals surface area contributed by atoms with Gasteiger partial charge in [0.1, 0.15) is 12.4 Å². The zero-order valence-corrected chi connectivity index (χ0v) is 16.2. The summed E-state index contributed by atoms with van der Waals surface area (Å²) in [4.78, 5) is 2.44. The summed E-state index contributed by atoms with van der Waals surface area (Å²) < 4.78 is 6.25. The van der Waals surface area contributed by atoms with Gasteiger partial charge in [-0.05, 0) is 55.7 Å². The number of hydrogen-bond acceptors (Lipinski definition) is 5. The third kappa shape index (κ3) is 3.05. The molecule has 1 atom stereocenters. The van der Waals surface area contributed by atoms with Crippen molar-refractivity contribution < 1.29 is 4.74 Å². The summed E-state index contributed by atoms with van der Waals surface area (Å²) >= 11 is 0. The van der Waals surface area contributed by atoms with E-state index in [1.54, 1.807) is 0 Å². The predicted octanol–water partition coefficient (Wildman–Crippen LogP) is 2.68. The lowest BCUT2D eigenvalue weighted by Gasteiger charge is -2.41. The lowest BCUT2D eigenvalue weighted by atomic mass is 10.0. The third-order valence-electron chi connectivity index (χ3n) is 5.98. The molecule has 0 unspecified atom stereocenters. The van der Waals surface area contributed by atoms with Gasteiger partial charge in [-0.1, -0.05) is 6.07 Å². The molecule has 1 saturated heterocycles. The van der Waals surface area contributed by atoms with Crippen LogP contribution in [-0.2, 0) is 6.42 Å². The first-order valence-electron chi connectivity index (χ1n) is 10.0. The summed E-state index contributed by atoms with van der Waals surface area (Å²) in [6.45, 7) is 10.3. The first-order chi connectivity index (χ1) is 13.2. The molecule has 0 bridgehead atoms. The van der Waals surface area contributed by atoms with Gasteiger partial charge in [-0.2, -0.15) is 0 Å². The van der Waals surface area contributed by atoms with E-state index in [2.05, 4.69) is 70.5 Å². The van der Waals surface area contributed by atoms with Crippen molar-refractivity contribution in [3.05, 3.63) is 59.0 Å². The van der Waals surface area contributed by atoms with Crippen molar-refractivity contribution in [3.8, 4) is 5.75 Å². The first kappa shape index (κ1) is 16.9. The second-order valence-electron chi connectivity index (χ2n) is 7.93. The van der Waals surface area contributed by atoms with Crippen LogP contribution in [0.1, 0.15) is 19.4 Å². The van der Waals surface area contributed by atoms with Gasteiger partial charge in [-0.3, -0.25) is 5.01 Å². The van der Waals surface area contributed by atoms with Gasteiger partial charge in [-0.25, -0.2) is 5.01 Å². The zero-order chi connectivity index (χ0) is 18.4. The number of nitrogens with one attached hydrogen (secondary N) is 1. The van der Waals surface area contributed by atoms with Crippen LogP contribution in [0.3, 0.4) is 0 Å². The quantitative estimate of drug-likeness (QED) is 0.872. The Bertz CT molecular complexity index is 835.